The van der Waals surface area contributed by atoms with Crippen molar-refractivity contribution in [2.24, 2.45) is 0 Å². The minimum atomic E-state index is -3.55. The first-order valence-electron chi connectivity index (χ1n) is 7.55. The van der Waals surface area contributed by atoms with Crippen LogP contribution in [0.3, 0.4) is 0 Å². The molecular formula is C15H23FN2O3S. The van der Waals surface area contributed by atoms with Crippen LogP contribution in [0.4, 0.5) is 4.39 Å². The summed E-state index contributed by atoms with van der Waals surface area (Å²) in [5, 5.41) is 0. The molecule has 1 saturated heterocycles. The molecule has 1 aromatic carbocycles. The molecule has 1 aromatic rings. The van der Waals surface area contributed by atoms with E-state index in [1.165, 1.54) is 23.5 Å². The van der Waals surface area contributed by atoms with Gasteiger partial charge in [0.05, 0.1) is 7.11 Å². The maximum absolute atomic E-state index is 13.7. The lowest BCUT2D eigenvalue weighted by Crippen LogP contribution is -2.42. The molecule has 1 heterocycles. The topological polar surface area (TPSA) is 58.6 Å². The third-order valence-electron chi connectivity index (χ3n) is 3.91. The van der Waals surface area contributed by atoms with Crippen molar-refractivity contribution >= 4 is 10.2 Å². The standard InChI is InChI=1S/C15H23FN2O3S/c1-12(13-7-8-15(21-2)14(16)11-13)17-22(19,20)18-9-5-3-4-6-10-18/h7-8,11-12,17H,3-6,9-10H2,1-2H3. The SMILES string of the molecule is COc1ccc(C(C)NS(=O)(=O)N2CCCCCC2)cc1F. The number of halogens is 1. The number of hydrogen-bond donors (Lipinski definition) is 1. The second-order valence-corrected chi connectivity index (χ2v) is 7.25. The summed E-state index contributed by atoms with van der Waals surface area (Å²) in [6.45, 7) is 2.79. The third kappa shape index (κ3) is 4.18. The monoisotopic (exact) mass is 330 g/mol. The van der Waals surface area contributed by atoms with Crippen molar-refractivity contribution in [3.63, 3.8) is 0 Å². The lowest BCUT2D eigenvalue weighted by atomic mass is 10.1. The smallest absolute Gasteiger partial charge is 0.279 e. The van der Waals surface area contributed by atoms with Crippen LogP contribution >= 0.6 is 0 Å². The zero-order valence-corrected chi connectivity index (χ0v) is 13.8. The Balaban J connectivity index is 2.09. The van der Waals surface area contributed by atoms with Gasteiger partial charge in [0, 0.05) is 19.1 Å². The van der Waals surface area contributed by atoms with Crippen LogP contribution in [0.15, 0.2) is 18.2 Å². The highest BCUT2D eigenvalue weighted by atomic mass is 32.2. The second kappa shape index (κ2) is 7.39. The molecule has 7 heteroatoms. The Morgan fingerprint density at radius 3 is 2.41 bits per heavy atom. The first-order valence-corrected chi connectivity index (χ1v) is 8.99. The molecule has 0 aromatic heterocycles. The number of benzene rings is 1. The molecule has 0 saturated carbocycles. The molecule has 0 bridgehead atoms. The predicted molar refractivity (Wildman–Crippen MR) is 83.5 cm³/mol. The van der Waals surface area contributed by atoms with Gasteiger partial charge in [-0.3, -0.25) is 0 Å². The molecular weight excluding hydrogens is 307 g/mol. The van der Waals surface area contributed by atoms with Gasteiger partial charge in [0.15, 0.2) is 11.6 Å². The Hall–Kier alpha value is -1.18. The minimum absolute atomic E-state index is 0.145. The lowest BCUT2D eigenvalue weighted by Gasteiger charge is -2.23. The van der Waals surface area contributed by atoms with E-state index in [1.54, 1.807) is 13.0 Å². The summed E-state index contributed by atoms with van der Waals surface area (Å²) in [6.07, 6.45) is 3.88. The summed E-state index contributed by atoms with van der Waals surface area (Å²) >= 11 is 0. The Kier molecular flexibility index (Phi) is 5.77. The molecule has 1 unspecified atom stereocenters. The minimum Gasteiger partial charge on any atom is -0.494 e. The highest BCUT2D eigenvalue weighted by molar-refractivity contribution is 7.87. The second-order valence-electron chi connectivity index (χ2n) is 5.55. The summed E-state index contributed by atoms with van der Waals surface area (Å²) in [7, 11) is -2.16. The van der Waals surface area contributed by atoms with Gasteiger partial charge < -0.3 is 4.74 Å². The first kappa shape index (κ1) is 17.2. The Labute approximate surface area is 131 Å². The van der Waals surface area contributed by atoms with Crippen LogP contribution in [0.2, 0.25) is 0 Å². The van der Waals surface area contributed by atoms with E-state index in [0.29, 0.717) is 18.7 Å². The van der Waals surface area contributed by atoms with Crippen LogP contribution in [-0.4, -0.2) is 32.9 Å². The van der Waals surface area contributed by atoms with Gasteiger partial charge in [-0.1, -0.05) is 18.9 Å². The van der Waals surface area contributed by atoms with E-state index in [1.807, 2.05) is 0 Å². The largest absolute Gasteiger partial charge is 0.494 e. The summed E-state index contributed by atoms with van der Waals surface area (Å²) in [5.41, 5.74) is 0.566. The van der Waals surface area contributed by atoms with E-state index >= 15 is 0 Å². The molecule has 22 heavy (non-hydrogen) atoms. The van der Waals surface area contributed by atoms with Crippen molar-refractivity contribution in [3.05, 3.63) is 29.6 Å². The number of ether oxygens (including phenoxy) is 1. The fourth-order valence-electron chi connectivity index (χ4n) is 2.60. The molecule has 0 aliphatic carbocycles. The molecule has 5 nitrogen and oxygen atoms in total. The number of hydrogen-bond acceptors (Lipinski definition) is 3. The third-order valence-corrected chi connectivity index (χ3v) is 5.60. The fraction of sp³-hybridized carbons (Fsp3) is 0.600. The molecule has 0 amide bonds. The molecule has 2 rings (SSSR count). The maximum atomic E-state index is 13.7. The van der Waals surface area contributed by atoms with E-state index < -0.39 is 22.1 Å². The van der Waals surface area contributed by atoms with Gasteiger partial charge in [-0.05, 0) is 37.5 Å². The van der Waals surface area contributed by atoms with Gasteiger partial charge in [0.2, 0.25) is 0 Å². The zero-order chi connectivity index (χ0) is 16.2. The Morgan fingerprint density at radius 2 is 1.86 bits per heavy atom. The van der Waals surface area contributed by atoms with Gasteiger partial charge in [-0.25, -0.2) is 4.39 Å². The lowest BCUT2D eigenvalue weighted by molar-refractivity contribution is 0.385. The molecule has 1 aliphatic rings. The normalized spacial score (nSPS) is 18.7. The van der Waals surface area contributed by atoms with E-state index in [-0.39, 0.29) is 5.75 Å². The van der Waals surface area contributed by atoms with Crippen LogP contribution in [0.5, 0.6) is 5.75 Å². The number of methoxy groups -OCH3 is 1. The average Bonchev–Trinajstić information content (AvgIpc) is 2.76. The molecule has 124 valence electrons. The van der Waals surface area contributed by atoms with Crippen LogP contribution < -0.4 is 9.46 Å². The van der Waals surface area contributed by atoms with Gasteiger partial charge >= 0.3 is 0 Å². The Morgan fingerprint density at radius 1 is 1.23 bits per heavy atom. The fourth-order valence-corrected chi connectivity index (χ4v) is 4.07. The number of nitrogens with zero attached hydrogens (tertiary/aromatic N) is 1. The van der Waals surface area contributed by atoms with Crippen molar-refractivity contribution in [1.82, 2.24) is 9.03 Å². The first-order chi connectivity index (χ1) is 10.4. The summed E-state index contributed by atoms with van der Waals surface area (Å²) in [6, 6.07) is 3.96. The Bertz CT molecular complexity index is 599. The molecule has 1 atom stereocenters. The van der Waals surface area contributed by atoms with E-state index in [0.717, 1.165) is 25.7 Å². The van der Waals surface area contributed by atoms with Gasteiger partial charge in [0.25, 0.3) is 10.2 Å². The quantitative estimate of drug-likeness (QED) is 0.903. The van der Waals surface area contributed by atoms with Gasteiger partial charge in [-0.2, -0.15) is 17.4 Å². The van der Waals surface area contributed by atoms with Crippen molar-refractivity contribution in [2.75, 3.05) is 20.2 Å². The maximum Gasteiger partial charge on any atom is 0.279 e. The van der Waals surface area contributed by atoms with Crippen molar-refractivity contribution in [3.8, 4) is 5.75 Å². The van der Waals surface area contributed by atoms with E-state index in [4.69, 9.17) is 4.74 Å². The summed E-state index contributed by atoms with van der Waals surface area (Å²) < 4.78 is 47.6. The summed E-state index contributed by atoms with van der Waals surface area (Å²) in [5.74, 6) is -0.354. The van der Waals surface area contributed by atoms with E-state index in [2.05, 4.69) is 4.72 Å². The summed E-state index contributed by atoms with van der Waals surface area (Å²) in [4.78, 5) is 0. The van der Waals surface area contributed by atoms with Crippen LogP contribution in [0, 0.1) is 5.82 Å². The number of rotatable bonds is 5. The molecule has 1 aliphatic heterocycles. The number of nitrogens with one attached hydrogen (secondary N) is 1. The van der Waals surface area contributed by atoms with Crippen molar-refractivity contribution in [1.29, 1.82) is 0 Å². The highest BCUT2D eigenvalue weighted by Crippen LogP contribution is 2.23. The highest BCUT2D eigenvalue weighted by Gasteiger charge is 2.25. The van der Waals surface area contributed by atoms with E-state index in [9.17, 15) is 12.8 Å². The average molecular weight is 330 g/mol. The predicted octanol–water partition coefficient (Wildman–Crippen LogP) is 2.61. The van der Waals surface area contributed by atoms with Crippen molar-refractivity contribution < 1.29 is 17.5 Å². The molecule has 1 fully saturated rings. The molecule has 0 radical (unpaired) electrons. The molecule has 0 spiro atoms. The van der Waals surface area contributed by atoms with Crippen LogP contribution in [0.25, 0.3) is 0 Å². The van der Waals surface area contributed by atoms with Crippen LogP contribution in [-0.2, 0) is 10.2 Å². The zero-order valence-electron chi connectivity index (χ0n) is 13.0. The van der Waals surface area contributed by atoms with Gasteiger partial charge in [0.1, 0.15) is 0 Å². The van der Waals surface area contributed by atoms with Gasteiger partial charge in [-0.15, -0.1) is 0 Å². The molecule has 1 N–H and O–H groups in total. The van der Waals surface area contributed by atoms with Crippen LogP contribution in [0.1, 0.15) is 44.2 Å². The van der Waals surface area contributed by atoms with Crippen molar-refractivity contribution in [2.45, 2.75) is 38.6 Å².